The molecular weight excluding hydrogens is 206 g/mol. The summed E-state index contributed by atoms with van der Waals surface area (Å²) in [4.78, 5) is 0. The van der Waals surface area contributed by atoms with Crippen molar-refractivity contribution in [1.82, 2.24) is 0 Å². The fraction of sp³-hybridized carbons (Fsp3) is 0.250. The predicted octanol–water partition coefficient (Wildman–Crippen LogP) is 3.90. The lowest BCUT2D eigenvalue weighted by atomic mass is 10.1. The smallest absolute Gasteiger partial charge is 0.0340 e. The molecule has 0 spiro atoms. The summed E-state index contributed by atoms with van der Waals surface area (Å²) in [5, 5.41) is 3.51. The molecule has 1 heteroatoms. The van der Waals surface area contributed by atoms with Crippen molar-refractivity contribution in [3.63, 3.8) is 0 Å². The van der Waals surface area contributed by atoms with Crippen LogP contribution in [-0.4, -0.2) is 6.54 Å². The number of hydrogen-bond acceptors (Lipinski definition) is 1. The van der Waals surface area contributed by atoms with Crippen molar-refractivity contribution < 1.29 is 0 Å². The van der Waals surface area contributed by atoms with Crippen molar-refractivity contribution in [2.45, 2.75) is 12.3 Å². The molecule has 1 aliphatic rings. The van der Waals surface area contributed by atoms with Crippen LogP contribution in [0.5, 0.6) is 0 Å². The largest absolute Gasteiger partial charge is 0.385 e. The summed E-state index contributed by atoms with van der Waals surface area (Å²) in [7, 11) is 0. The Morgan fingerprint density at radius 1 is 0.882 bits per heavy atom. The first-order valence-corrected chi connectivity index (χ1v) is 6.27. The quantitative estimate of drug-likeness (QED) is 0.828. The van der Waals surface area contributed by atoms with Crippen LogP contribution in [0.1, 0.15) is 17.9 Å². The van der Waals surface area contributed by atoms with Gasteiger partial charge in [0.1, 0.15) is 0 Å². The highest BCUT2D eigenvalue weighted by Gasteiger charge is 2.37. The fourth-order valence-electron chi connectivity index (χ4n) is 2.39. The van der Waals surface area contributed by atoms with E-state index in [1.807, 2.05) is 0 Å². The number of para-hydroxylation sites is 1. The van der Waals surface area contributed by atoms with E-state index in [4.69, 9.17) is 0 Å². The molecule has 0 heterocycles. The predicted molar refractivity (Wildman–Crippen MR) is 72.2 cm³/mol. The minimum absolute atomic E-state index is 0.771. The van der Waals surface area contributed by atoms with Gasteiger partial charge in [0.25, 0.3) is 0 Å². The second-order valence-electron chi connectivity index (χ2n) is 4.76. The van der Waals surface area contributed by atoms with Crippen LogP contribution < -0.4 is 5.32 Å². The van der Waals surface area contributed by atoms with E-state index in [2.05, 4.69) is 66.0 Å². The Morgan fingerprint density at radius 2 is 1.53 bits per heavy atom. The Morgan fingerprint density at radius 3 is 2.24 bits per heavy atom. The number of hydrogen-bond donors (Lipinski definition) is 1. The molecule has 0 amide bonds. The van der Waals surface area contributed by atoms with Crippen LogP contribution >= 0.6 is 0 Å². The fourth-order valence-corrected chi connectivity index (χ4v) is 2.39. The third-order valence-corrected chi connectivity index (χ3v) is 3.49. The summed E-state index contributed by atoms with van der Waals surface area (Å²) in [6.07, 6.45) is 1.32. The Balaban J connectivity index is 1.53. The molecule has 0 aliphatic heterocycles. The average molecular weight is 223 g/mol. The van der Waals surface area contributed by atoms with Crippen LogP contribution in [0.15, 0.2) is 60.7 Å². The lowest BCUT2D eigenvalue weighted by Crippen LogP contribution is -2.04. The topological polar surface area (TPSA) is 12.0 Å². The molecular formula is C16H17N. The normalized spacial score (nSPS) is 22.1. The standard InChI is InChI=1S/C16H17N/c1-3-7-13(8-4-1)16-11-14(16)12-17-15-9-5-2-6-10-15/h1-10,14,16-17H,11-12H2. The zero-order valence-corrected chi connectivity index (χ0v) is 9.84. The van der Waals surface area contributed by atoms with Gasteiger partial charge in [-0.15, -0.1) is 0 Å². The Bertz CT molecular complexity index is 463. The second kappa shape index (κ2) is 4.62. The van der Waals surface area contributed by atoms with E-state index in [1.54, 1.807) is 0 Å². The summed E-state index contributed by atoms with van der Waals surface area (Å²) < 4.78 is 0. The van der Waals surface area contributed by atoms with E-state index in [1.165, 1.54) is 17.7 Å². The van der Waals surface area contributed by atoms with Crippen molar-refractivity contribution in [3.05, 3.63) is 66.2 Å². The molecule has 2 aromatic rings. The van der Waals surface area contributed by atoms with E-state index >= 15 is 0 Å². The molecule has 2 atom stereocenters. The molecule has 86 valence electrons. The van der Waals surface area contributed by atoms with E-state index in [9.17, 15) is 0 Å². The SMILES string of the molecule is c1ccc(NCC2CC2c2ccccc2)cc1. The average Bonchev–Trinajstić information content (AvgIpc) is 3.18. The number of nitrogens with one attached hydrogen (secondary N) is 1. The molecule has 2 aromatic carbocycles. The molecule has 3 rings (SSSR count). The third kappa shape index (κ3) is 2.50. The molecule has 1 saturated carbocycles. The molecule has 0 saturated heterocycles. The second-order valence-corrected chi connectivity index (χ2v) is 4.76. The van der Waals surface area contributed by atoms with Gasteiger partial charge < -0.3 is 5.32 Å². The number of rotatable bonds is 4. The van der Waals surface area contributed by atoms with Gasteiger partial charge in [0, 0.05) is 12.2 Å². The van der Waals surface area contributed by atoms with Crippen LogP contribution in [0.2, 0.25) is 0 Å². The van der Waals surface area contributed by atoms with Gasteiger partial charge in [0.2, 0.25) is 0 Å². The van der Waals surface area contributed by atoms with Gasteiger partial charge in [0.15, 0.2) is 0 Å². The summed E-state index contributed by atoms with van der Waals surface area (Å²) in [5.41, 5.74) is 2.72. The minimum atomic E-state index is 0.771. The van der Waals surface area contributed by atoms with Crippen molar-refractivity contribution in [2.75, 3.05) is 11.9 Å². The third-order valence-electron chi connectivity index (χ3n) is 3.49. The number of benzene rings is 2. The summed E-state index contributed by atoms with van der Waals surface area (Å²) >= 11 is 0. The molecule has 1 fully saturated rings. The van der Waals surface area contributed by atoms with E-state index in [0.717, 1.165) is 18.4 Å². The van der Waals surface area contributed by atoms with Crippen LogP contribution in [0.4, 0.5) is 5.69 Å². The Hall–Kier alpha value is -1.76. The molecule has 0 radical (unpaired) electrons. The summed E-state index contributed by atoms with van der Waals surface area (Å²) in [6.45, 7) is 1.09. The highest BCUT2D eigenvalue weighted by atomic mass is 14.9. The van der Waals surface area contributed by atoms with Gasteiger partial charge in [-0.05, 0) is 36.0 Å². The van der Waals surface area contributed by atoms with Gasteiger partial charge in [-0.2, -0.15) is 0 Å². The molecule has 17 heavy (non-hydrogen) atoms. The first-order chi connectivity index (χ1) is 8.43. The van der Waals surface area contributed by atoms with Gasteiger partial charge >= 0.3 is 0 Å². The lowest BCUT2D eigenvalue weighted by molar-refractivity contribution is 0.844. The maximum Gasteiger partial charge on any atom is 0.0340 e. The zero-order valence-electron chi connectivity index (χ0n) is 9.84. The maximum absolute atomic E-state index is 3.51. The summed E-state index contributed by atoms with van der Waals surface area (Å²) in [5.74, 6) is 1.57. The zero-order chi connectivity index (χ0) is 11.5. The van der Waals surface area contributed by atoms with Gasteiger partial charge in [-0.1, -0.05) is 48.5 Å². The van der Waals surface area contributed by atoms with Crippen molar-refractivity contribution in [2.24, 2.45) is 5.92 Å². The van der Waals surface area contributed by atoms with Crippen molar-refractivity contribution in [1.29, 1.82) is 0 Å². The number of anilines is 1. The van der Waals surface area contributed by atoms with Crippen molar-refractivity contribution in [3.8, 4) is 0 Å². The van der Waals surface area contributed by atoms with Gasteiger partial charge in [-0.25, -0.2) is 0 Å². The molecule has 1 nitrogen and oxygen atoms in total. The molecule has 2 unspecified atom stereocenters. The van der Waals surface area contributed by atoms with Crippen LogP contribution in [0.3, 0.4) is 0 Å². The lowest BCUT2D eigenvalue weighted by Gasteiger charge is -2.05. The molecule has 1 aliphatic carbocycles. The van der Waals surface area contributed by atoms with Gasteiger partial charge in [0.05, 0.1) is 0 Å². The first kappa shape index (κ1) is 10.4. The highest BCUT2D eigenvalue weighted by Crippen LogP contribution is 2.47. The molecule has 1 N–H and O–H groups in total. The maximum atomic E-state index is 3.51. The highest BCUT2D eigenvalue weighted by molar-refractivity contribution is 5.43. The molecule has 0 bridgehead atoms. The van der Waals surface area contributed by atoms with Crippen LogP contribution in [0, 0.1) is 5.92 Å². The van der Waals surface area contributed by atoms with E-state index < -0.39 is 0 Å². The van der Waals surface area contributed by atoms with E-state index in [-0.39, 0.29) is 0 Å². The minimum Gasteiger partial charge on any atom is -0.385 e. The Labute approximate surface area is 102 Å². The van der Waals surface area contributed by atoms with Crippen molar-refractivity contribution >= 4 is 5.69 Å². The van der Waals surface area contributed by atoms with E-state index in [0.29, 0.717) is 0 Å². The monoisotopic (exact) mass is 223 g/mol. The van der Waals surface area contributed by atoms with Gasteiger partial charge in [-0.3, -0.25) is 0 Å². The molecule has 0 aromatic heterocycles. The summed E-state index contributed by atoms with van der Waals surface area (Å²) in [6, 6.07) is 21.3. The first-order valence-electron chi connectivity index (χ1n) is 6.27. The van der Waals surface area contributed by atoms with Crippen LogP contribution in [0.25, 0.3) is 0 Å². The Kier molecular flexibility index (Phi) is 2.83. The van der Waals surface area contributed by atoms with Crippen LogP contribution in [-0.2, 0) is 0 Å².